The monoisotopic (exact) mass is 261 g/mol. The van der Waals surface area contributed by atoms with Crippen LogP contribution in [0.1, 0.15) is 45.6 Å². The first-order valence-corrected chi connectivity index (χ1v) is 7.39. The Morgan fingerprint density at radius 2 is 1.84 bits per heavy atom. The Balaban J connectivity index is 2.00. The van der Waals surface area contributed by atoms with Gasteiger partial charge in [-0.05, 0) is 50.3 Å². The summed E-state index contributed by atoms with van der Waals surface area (Å²) in [4.78, 5) is 2.42. The van der Waals surface area contributed by atoms with Crippen molar-refractivity contribution in [2.45, 2.75) is 45.6 Å². The molecule has 1 fully saturated rings. The molecule has 2 rings (SSSR count). The average Bonchev–Trinajstić information content (AvgIpc) is 2.52. The number of hydrogen-bond donors (Lipinski definition) is 1. The Hall–Kier alpha value is -0.860. The first-order chi connectivity index (χ1) is 8.89. The van der Waals surface area contributed by atoms with Gasteiger partial charge in [0.2, 0.25) is 0 Å². The van der Waals surface area contributed by atoms with Crippen molar-refractivity contribution >= 4 is 0 Å². The summed E-state index contributed by atoms with van der Waals surface area (Å²) in [5.41, 5.74) is 0.710. The molecule has 0 spiro atoms. The van der Waals surface area contributed by atoms with E-state index in [1.165, 1.54) is 19.3 Å². The molecule has 1 aliphatic heterocycles. The third-order valence-corrected chi connectivity index (χ3v) is 4.36. The fourth-order valence-corrected chi connectivity index (χ4v) is 2.96. The number of rotatable bonds is 3. The quantitative estimate of drug-likeness (QED) is 0.901. The fraction of sp³-hybridized carbons (Fsp3) is 0.647. The van der Waals surface area contributed by atoms with Gasteiger partial charge >= 0.3 is 0 Å². The first-order valence-electron chi connectivity index (χ1n) is 7.39. The summed E-state index contributed by atoms with van der Waals surface area (Å²) >= 11 is 0. The maximum atomic E-state index is 10.7. The highest BCUT2D eigenvalue weighted by Crippen LogP contribution is 2.31. The zero-order valence-electron chi connectivity index (χ0n) is 12.5. The molecule has 0 aliphatic carbocycles. The van der Waals surface area contributed by atoms with E-state index in [1.807, 2.05) is 37.3 Å². The van der Waals surface area contributed by atoms with E-state index in [0.717, 1.165) is 25.2 Å². The number of nitrogens with zero attached hydrogens (tertiary/aromatic N) is 1. The van der Waals surface area contributed by atoms with Crippen LogP contribution in [0.4, 0.5) is 0 Å². The van der Waals surface area contributed by atoms with Gasteiger partial charge in [-0.1, -0.05) is 44.2 Å². The summed E-state index contributed by atoms with van der Waals surface area (Å²) in [6.07, 6.45) is 3.74. The van der Waals surface area contributed by atoms with Gasteiger partial charge in [0.25, 0.3) is 0 Å². The normalized spacial score (nSPS) is 23.6. The van der Waals surface area contributed by atoms with E-state index < -0.39 is 5.60 Å². The van der Waals surface area contributed by atoms with Gasteiger partial charge in [0.05, 0.1) is 5.60 Å². The highest BCUT2D eigenvalue weighted by molar-refractivity contribution is 5.21. The van der Waals surface area contributed by atoms with E-state index >= 15 is 0 Å². The van der Waals surface area contributed by atoms with E-state index in [0.29, 0.717) is 5.41 Å². The maximum absolute atomic E-state index is 10.7. The zero-order chi connectivity index (χ0) is 13.9. The van der Waals surface area contributed by atoms with Gasteiger partial charge < -0.3 is 10.0 Å². The molecule has 2 nitrogen and oxygen atoms in total. The molecular formula is C17H27NO. The molecule has 1 atom stereocenters. The van der Waals surface area contributed by atoms with Crippen molar-refractivity contribution in [3.8, 4) is 0 Å². The van der Waals surface area contributed by atoms with Crippen LogP contribution in [0.3, 0.4) is 0 Å². The van der Waals surface area contributed by atoms with Crippen LogP contribution in [0.15, 0.2) is 30.3 Å². The average molecular weight is 261 g/mol. The molecule has 1 heterocycles. The summed E-state index contributed by atoms with van der Waals surface area (Å²) < 4.78 is 0. The SMILES string of the molecule is CC1(C)CCCN(CC(C)(O)c2ccccc2)CC1. The van der Waals surface area contributed by atoms with Gasteiger partial charge in [-0.25, -0.2) is 0 Å². The minimum absolute atomic E-state index is 0.452. The molecule has 1 unspecified atom stereocenters. The molecular weight excluding hydrogens is 234 g/mol. The van der Waals surface area contributed by atoms with Crippen LogP contribution in [0, 0.1) is 5.41 Å². The van der Waals surface area contributed by atoms with Crippen molar-refractivity contribution in [3.63, 3.8) is 0 Å². The van der Waals surface area contributed by atoms with Crippen molar-refractivity contribution in [2.24, 2.45) is 5.41 Å². The van der Waals surface area contributed by atoms with Gasteiger partial charge in [0, 0.05) is 6.54 Å². The third-order valence-electron chi connectivity index (χ3n) is 4.36. The van der Waals surface area contributed by atoms with Gasteiger partial charge in [0.15, 0.2) is 0 Å². The van der Waals surface area contributed by atoms with Gasteiger partial charge in [-0.2, -0.15) is 0 Å². The topological polar surface area (TPSA) is 23.5 Å². The Morgan fingerprint density at radius 3 is 2.53 bits per heavy atom. The van der Waals surface area contributed by atoms with Gasteiger partial charge in [-0.15, -0.1) is 0 Å². The molecule has 2 heteroatoms. The molecule has 0 amide bonds. The van der Waals surface area contributed by atoms with Crippen LogP contribution in [0.2, 0.25) is 0 Å². The van der Waals surface area contributed by atoms with E-state index in [1.54, 1.807) is 0 Å². The molecule has 19 heavy (non-hydrogen) atoms. The molecule has 1 aromatic carbocycles. The lowest BCUT2D eigenvalue weighted by Gasteiger charge is -2.31. The Morgan fingerprint density at radius 1 is 1.16 bits per heavy atom. The van der Waals surface area contributed by atoms with E-state index in [2.05, 4.69) is 18.7 Å². The first kappa shape index (κ1) is 14.5. The molecule has 0 bridgehead atoms. The summed E-state index contributed by atoms with van der Waals surface area (Å²) in [6, 6.07) is 10.0. The number of benzene rings is 1. The van der Waals surface area contributed by atoms with Crippen LogP contribution in [-0.4, -0.2) is 29.6 Å². The van der Waals surface area contributed by atoms with E-state index in [-0.39, 0.29) is 0 Å². The largest absolute Gasteiger partial charge is 0.384 e. The molecule has 0 aromatic heterocycles. The van der Waals surface area contributed by atoms with Crippen LogP contribution in [-0.2, 0) is 5.60 Å². The predicted octanol–water partition coefficient (Wildman–Crippen LogP) is 3.41. The van der Waals surface area contributed by atoms with Crippen molar-refractivity contribution in [2.75, 3.05) is 19.6 Å². The Bertz CT molecular complexity index is 397. The van der Waals surface area contributed by atoms with Crippen molar-refractivity contribution < 1.29 is 5.11 Å². The minimum atomic E-state index is -0.754. The summed E-state index contributed by atoms with van der Waals surface area (Å²) in [6.45, 7) is 9.56. The fourth-order valence-electron chi connectivity index (χ4n) is 2.96. The molecule has 106 valence electrons. The second-order valence-corrected chi connectivity index (χ2v) is 6.93. The second-order valence-electron chi connectivity index (χ2n) is 6.93. The third kappa shape index (κ3) is 4.05. The van der Waals surface area contributed by atoms with E-state index in [4.69, 9.17) is 0 Å². The Kier molecular flexibility index (Phi) is 4.32. The predicted molar refractivity (Wildman–Crippen MR) is 80.1 cm³/mol. The number of likely N-dealkylation sites (tertiary alicyclic amines) is 1. The number of aliphatic hydroxyl groups is 1. The van der Waals surface area contributed by atoms with Crippen LogP contribution < -0.4 is 0 Å². The number of hydrogen-bond acceptors (Lipinski definition) is 2. The molecule has 1 N–H and O–H groups in total. The van der Waals surface area contributed by atoms with Gasteiger partial charge in [0.1, 0.15) is 0 Å². The number of β-amino-alcohol motifs (C(OH)–C–C–N with tert-alkyl or cyclic N) is 1. The van der Waals surface area contributed by atoms with Crippen LogP contribution in [0.25, 0.3) is 0 Å². The van der Waals surface area contributed by atoms with E-state index in [9.17, 15) is 5.11 Å². The molecule has 1 aromatic rings. The van der Waals surface area contributed by atoms with Crippen molar-refractivity contribution in [1.29, 1.82) is 0 Å². The molecule has 0 radical (unpaired) electrons. The summed E-state index contributed by atoms with van der Waals surface area (Å²) in [5.74, 6) is 0. The maximum Gasteiger partial charge on any atom is 0.0994 e. The lowest BCUT2D eigenvalue weighted by Crippen LogP contribution is -2.39. The van der Waals surface area contributed by atoms with Crippen LogP contribution in [0.5, 0.6) is 0 Å². The highest BCUT2D eigenvalue weighted by Gasteiger charge is 2.29. The lowest BCUT2D eigenvalue weighted by molar-refractivity contribution is 0.0161. The van der Waals surface area contributed by atoms with Crippen molar-refractivity contribution in [1.82, 2.24) is 4.90 Å². The molecule has 1 aliphatic rings. The lowest BCUT2D eigenvalue weighted by atomic mass is 9.85. The van der Waals surface area contributed by atoms with Crippen molar-refractivity contribution in [3.05, 3.63) is 35.9 Å². The summed E-state index contributed by atoms with van der Waals surface area (Å²) in [7, 11) is 0. The van der Waals surface area contributed by atoms with Gasteiger partial charge in [-0.3, -0.25) is 0 Å². The standard InChI is InChI=1S/C17H27NO/c1-16(2)10-7-12-18(13-11-16)14-17(3,19)15-8-5-4-6-9-15/h4-6,8-9,19H,7,10-14H2,1-3H3. The smallest absolute Gasteiger partial charge is 0.0994 e. The van der Waals surface area contributed by atoms with Crippen LogP contribution >= 0.6 is 0 Å². The Labute approximate surface area is 117 Å². The minimum Gasteiger partial charge on any atom is -0.384 e. The zero-order valence-corrected chi connectivity index (χ0v) is 12.5. The summed E-state index contributed by atoms with van der Waals surface area (Å²) in [5, 5.41) is 10.7. The second kappa shape index (κ2) is 5.64. The molecule has 0 saturated carbocycles. The highest BCUT2D eigenvalue weighted by atomic mass is 16.3. The molecule has 1 saturated heterocycles.